The Morgan fingerprint density at radius 2 is 2.04 bits per heavy atom. The second-order valence-electron chi connectivity index (χ2n) is 6.96. The van der Waals surface area contributed by atoms with Crippen LogP contribution >= 0.6 is 0 Å². The van der Waals surface area contributed by atoms with Crippen molar-refractivity contribution in [3.63, 3.8) is 0 Å². The summed E-state index contributed by atoms with van der Waals surface area (Å²) in [5.41, 5.74) is 5.78. The number of rotatable bonds is 2. The first kappa shape index (κ1) is 16.9. The lowest BCUT2D eigenvalue weighted by Gasteiger charge is -2.53. The Labute approximate surface area is 146 Å². The Morgan fingerprint density at radius 3 is 2.64 bits per heavy atom. The van der Waals surface area contributed by atoms with Crippen LogP contribution < -0.4 is 10.9 Å². The zero-order valence-corrected chi connectivity index (χ0v) is 14.8. The number of hydrogen-bond donors (Lipinski definition) is 2. The minimum absolute atomic E-state index is 0.0848. The lowest BCUT2D eigenvalue weighted by Crippen LogP contribution is -2.62. The van der Waals surface area contributed by atoms with Crippen LogP contribution in [-0.4, -0.2) is 37.9 Å². The van der Waals surface area contributed by atoms with E-state index in [-0.39, 0.29) is 23.2 Å². The first-order valence-electron chi connectivity index (χ1n) is 8.07. The Morgan fingerprint density at radius 1 is 1.28 bits per heavy atom. The Bertz CT molecular complexity index is 813. The van der Waals surface area contributed by atoms with Gasteiger partial charge in [-0.05, 0) is 19.1 Å². The van der Waals surface area contributed by atoms with Crippen molar-refractivity contribution < 1.29 is 9.59 Å². The highest BCUT2D eigenvalue weighted by molar-refractivity contribution is 5.93. The van der Waals surface area contributed by atoms with Gasteiger partial charge in [-0.15, -0.1) is 0 Å². The molecule has 1 aliphatic rings. The molecular weight excluding hydrogens is 320 g/mol. The van der Waals surface area contributed by atoms with E-state index in [9.17, 15) is 9.59 Å². The number of urea groups is 1. The van der Waals surface area contributed by atoms with Gasteiger partial charge >= 0.3 is 6.03 Å². The van der Waals surface area contributed by atoms with Crippen molar-refractivity contribution in [3.8, 4) is 0 Å². The number of hydrogen-bond acceptors (Lipinski definition) is 4. The molecule has 3 heterocycles. The molecule has 1 aliphatic heterocycles. The molecule has 1 unspecified atom stereocenters. The number of likely N-dealkylation sites (tertiary alicyclic amines) is 1. The monoisotopic (exact) mass is 342 g/mol. The number of aryl methyl sites for hydroxylation is 2. The maximum Gasteiger partial charge on any atom is 0.336 e. The lowest BCUT2D eigenvalue weighted by atomic mass is 9.74. The van der Waals surface area contributed by atoms with Gasteiger partial charge in [0.1, 0.15) is 11.5 Å². The number of nitrogens with one attached hydrogen (secondary N) is 2. The highest BCUT2D eigenvalue weighted by Gasteiger charge is 2.51. The van der Waals surface area contributed by atoms with Gasteiger partial charge in [0.15, 0.2) is 0 Å². The summed E-state index contributed by atoms with van der Waals surface area (Å²) in [6.45, 7) is 6.56. The number of imidazole rings is 1. The summed E-state index contributed by atoms with van der Waals surface area (Å²) in [4.78, 5) is 34.7. The van der Waals surface area contributed by atoms with Crippen LogP contribution in [0.3, 0.4) is 0 Å². The normalized spacial score (nSPS) is 18.4. The van der Waals surface area contributed by atoms with E-state index in [1.807, 2.05) is 17.8 Å². The van der Waals surface area contributed by atoms with Crippen LogP contribution in [0.25, 0.3) is 0 Å². The molecule has 3 amide bonds. The predicted molar refractivity (Wildman–Crippen MR) is 91.4 cm³/mol. The predicted octanol–water partition coefficient (Wildman–Crippen LogP) is 1.56. The summed E-state index contributed by atoms with van der Waals surface area (Å²) >= 11 is 0. The van der Waals surface area contributed by atoms with Gasteiger partial charge in [-0.1, -0.05) is 19.9 Å². The second-order valence-corrected chi connectivity index (χ2v) is 6.96. The number of nitrogens with zero attached hydrogens (tertiary/aromatic N) is 4. The van der Waals surface area contributed by atoms with Gasteiger partial charge in [-0.25, -0.2) is 20.2 Å². The van der Waals surface area contributed by atoms with Crippen molar-refractivity contribution in [2.24, 2.45) is 12.5 Å². The molecule has 2 N–H and O–H groups in total. The maximum atomic E-state index is 12.5. The third-order valence-electron chi connectivity index (χ3n) is 4.40. The molecule has 0 aromatic carbocycles. The summed E-state index contributed by atoms with van der Waals surface area (Å²) in [5, 5.41) is 0. The SMILES string of the molecule is Cc1cccc(C(=O)NNC(=O)N2CC(C)(C)C2c2nccn2C)n1. The summed E-state index contributed by atoms with van der Waals surface area (Å²) < 4.78 is 1.90. The number of carbonyl (C=O) groups excluding carboxylic acids is 2. The van der Waals surface area contributed by atoms with E-state index in [0.717, 1.165) is 11.5 Å². The standard InChI is InChI=1S/C17H22N6O2/c1-11-6-5-7-12(19-11)15(24)20-21-16(25)23-10-17(2,3)13(23)14-18-8-9-22(14)4/h5-9,13H,10H2,1-4H3,(H,20,24)(H,21,25). The molecule has 8 heteroatoms. The van der Waals surface area contributed by atoms with Crippen LogP contribution in [0, 0.1) is 12.3 Å². The molecule has 8 nitrogen and oxygen atoms in total. The molecule has 2 aromatic rings. The molecule has 0 saturated carbocycles. The fourth-order valence-electron chi connectivity index (χ4n) is 3.16. The Hall–Kier alpha value is -2.90. The van der Waals surface area contributed by atoms with Crippen LogP contribution in [0.4, 0.5) is 4.79 Å². The molecule has 3 rings (SSSR count). The molecular formula is C17H22N6O2. The first-order chi connectivity index (χ1) is 11.8. The number of hydrazine groups is 1. The number of pyridine rings is 1. The van der Waals surface area contributed by atoms with Crippen molar-refractivity contribution in [2.45, 2.75) is 26.8 Å². The van der Waals surface area contributed by atoms with Crippen LogP contribution in [0.2, 0.25) is 0 Å². The average Bonchev–Trinajstić information content (AvgIpc) is 2.95. The smallest absolute Gasteiger partial charge is 0.336 e. The van der Waals surface area contributed by atoms with Gasteiger partial charge in [0.2, 0.25) is 0 Å². The van der Waals surface area contributed by atoms with Gasteiger partial charge in [-0.2, -0.15) is 0 Å². The van der Waals surface area contributed by atoms with E-state index in [2.05, 4.69) is 34.7 Å². The third-order valence-corrected chi connectivity index (χ3v) is 4.40. The zero-order valence-electron chi connectivity index (χ0n) is 14.8. The summed E-state index contributed by atoms with van der Waals surface area (Å²) in [5.74, 6) is 0.364. The zero-order chi connectivity index (χ0) is 18.2. The minimum atomic E-state index is -0.453. The van der Waals surface area contributed by atoms with Crippen LogP contribution in [0.1, 0.15) is 41.9 Å². The fraction of sp³-hybridized carbons (Fsp3) is 0.412. The molecule has 25 heavy (non-hydrogen) atoms. The molecule has 1 atom stereocenters. The highest BCUT2D eigenvalue weighted by atomic mass is 16.2. The summed E-state index contributed by atoms with van der Waals surface area (Å²) in [6.07, 6.45) is 3.57. The van der Waals surface area contributed by atoms with E-state index in [0.29, 0.717) is 6.54 Å². The molecule has 132 valence electrons. The minimum Gasteiger partial charge on any atom is -0.336 e. The number of carbonyl (C=O) groups is 2. The van der Waals surface area contributed by atoms with Crippen molar-refractivity contribution in [1.29, 1.82) is 0 Å². The van der Waals surface area contributed by atoms with Crippen molar-refractivity contribution >= 4 is 11.9 Å². The van der Waals surface area contributed by atoms with Crippen LogP contribution in [-0.2, 0) is 7.05 Å². The van der Waals surface area contributed by atoms with Gasteiger partial charge < -0.3 is 9.47 Å². The lowest BCUT2D eigenvalue weighted by molar-refractivity contribution is -0.0238. The van der Waals surface area contributed by atoms with E-state index >= 15 is 0 Å². The fourth-order valence-corrected chi connectivity index (χ4v) is 3.16. The molecule has 2 aromatic heterocycles. The topological polar surface area (TPSA) is 92.2 Å². The van der Waals surface area contributed by atoms with Crippen molar-refractivity contribution in [1.82, 2.24) is 30.3 Å². The average molecular weight is 342 g/mol. The Kier molecular flexibility index (Phi) is 4.20. The van der Waals surface area contributed by atoms with Crippen LogP contribution in [0.5, 0.6) is 0 Å². The van der Waals surface area contributed by atoms with Gasteiger partial charge in [-0.3, -0.25) is 10.2 Å². The molecule has 0 radical (unpaired) electrons. The van der Waals surface area contributed by atoms with Crippen LogP contribution in [0.15, 0.2) is 30.6 Å². The largest absolute Gasteiger partial charge is 0.336 e. The van der Waals surface area contributed by atoms with Gasteiger partial charge in [0, 0.05) is 37.1 Å². The van der Waals surface area contributed by atoms with E-state index < -0.39 is 5.91 Å². The molecule has 0 bridgehead atoms. The molecule has 0 spiro atoms. The van der Waals surface area contributed by atoms with E-state index in [1.54, 1.807) is 36.2 Å². The van der Waals surface area contributed by atoms with E-state index in [1.165, 1.54) is 0 Å². The number of amides is 3. The maximum absolute atomic E-state index is 12.5. The molecule has 1 saturated heterocycles. The third kappa shape index (κ3) is 3.19. The summed E-state index contributed by atoms with van der Waals surface area (Å²) in [7, 11) is 1.90. The molecule has 1 fully saturated rings. The Balaban J connectivity index is 1.65. The van der Waals surface area contributed by atoms with Gasteiger partial charge in [0.25, 0.3) is 5.91 Å². The number of aromatic nitrogens is 3. The van der Waals surface area contributed by atoms with Crippen molar-refractivity contribution in [2.75, 3.05) is 6.54 Å². The second kappa shape index (κ2) is 6.19. The van der Waals surface area contributed by atoms with Gasteiger partial charge in [0.05, 0.1) is 6.04 Å². The highest BCUT2D eigenvalue weighted by Crippen LogP contribution is 2.47. The first-order valence-corrected chi connectivity index (χ1v) is 8.07. The summed E-state index contributed by atoms with van der Waals surface area (Å²) in [6, 6.07) is 4.62. The quantitative estimate of drug-likeness (QED) is 0.810. The molecule has 0 aliphatic carbocycles. The van der Waals surface area contributed by atoms with E-state index in [4.69, 9.17) is 0 Å². The van der Waals surface area contributed by atoms with Crippen molar-refractivity contribution in [3.05, 3.63) is 47.8 Å².